The predicted molar refractivity (Wildman–Crippen MR) is 102 cm³/mol. The largest absolute Gasteiger partial charge is 0.481 e. The first-order valence-electron chi connectivity index (χ1n) is 8.08. The Labute approximate surface area is 165 Å². The number of rotatable bonds is 7. The zero-order valence-electron chi connectivity index (χ0n) is 15.7. The Hall–Kier alpha value is -3.27. The second kappa shape index (κ2) is 8.17. The number of imidazole rings is 1. The SMILES string of the molecule is COc1cc(OC)nc(Oc2nc(SC)n(-c3ccc(C)cc3)c2C(=O)O)n1. The Morgan fingerprint density at radius 1 is 1.07 bits per heavy atom. The highest BCUT2D eigenvalue weighted by Gasteiger charge is 2.26. The van der Waals surface area contributed by atoms with Crippen LogP contribution in [0.4, 0.5) is 0 Å². The molecule has 0 aliphatic rings. The molecule has 2 aromatic heterocycles. The van der Waals surface area contributed by atoms with E-state index in [-0.39, 0.29) is 29.3 Å². The number of aromatic nitrogens is 4. The quantitative estimate of drug-likeness (QED) is 0.596. The number of thioether (sulfide) groups is 1. The van der Waals surface area contributed by atoms with Crippen molar-refractivity contribution in [1.82, 2.24) is 19.5 Å². The molecule has 1 N–H and O–H groups in total. The molecular weight excluding hydrogens is 384 g/mol. The van der Waals surface area contributed by atoms with Gasteiger partial charge in [0.05, 0.1) is 20.3 Å². The number of aromatic carboxylic acids is 1. The topological polar surface area (TPSA) is 109 Å². The third kappa shape index (κ3) is 3.86. The van der Waals surface area contributed by atoms with Crippen LogP contribution in [0.25, 0.3) is 5.69 Å². The lowest BCUT2D eigenvalue weighted by atomic mass is 10.2. The number of hydrogen-bond donors (Lipinski definition) is 1. The van der Waals surface area contributed by atoms with Gasteiger partial charge >= 0.3 is 12.0 Å². The monoisotopic (exact) mass is 402 g/mol. The summed E-state index contributed by atoms with van der Waals surface area (Å²) in [5.74, 6) is -0.908. The van der Waals surface area contributed by atoms with Crippen LogP contribution in [0.5, 0.6) is 23.7 Å². The molecule has 0 spiro atoms. The molecule has 3 rings (SSSR count). The van der Waals surface area contributed by atoms with Crippen molar-refractivity contribution in [2.45, 2.75) is 12.1 Å². The van der Waals surface area contributed by atoms with Crippen molar-refractivity contribution < 1.29 is 24.1 Å². The van der Waals surface area contributed by atoms with Crippen LogP contribution in [0.15, 0.2) is 35.5 Å². The summed E-state index contributed by atoms with van der Waals surface area (Å²) < 4.78 is 17.3. The summed E-state index contributed by atoms with van der Waals surface area (Å²) >= 11 is 1.29. The normalized spacial score (nSPS) is 10.6. The fraction of sp³-hybridized carbons (Fsp3) is 0.222. The summed E-state index contributed by atoms with van der Waals surface area (Å²) in [4.78, 5) is 24.4. The summed E-state index contributed by atoms with van der Waals surface area (Å²) in [6.07, 6.45) is 1.80. The Kier molecular flexibility index (Phi) is 5.69. The van der Waals surface area contributed by atoms with E-state index in [0.29, 0.717) is 10.8 Å². The Morgan fingerprint density at radius 3 is 2.18 bits per heavy atom. The van der Waals surface area contributed by atoms with Crippen LogP contribution in [0, 0.1) is 6.92 Å². The van der Waals surface area contributed by atoms with Crippen LogP contribution in [-0.4, -0.2) is 51.1 Å². The number of carbonyl (C=O) groups is 1. The van der Waals surface area contributed by atoms with E-state index in [9.17, 15) is 9.90 Å². The average molecular weight is 402 g/mol. The number of carboxylic acid groups (broad SMARTS) is 1. The lowest BCUT2D eigenvalue weighted by Crippen LogP contribution is -2.09. The molecule has 3 aromatic rings. The number of methoxy groups -OCH3 is 2. The van der Waals surface area contributed by atoms with Gasteiger partial charge in [0.15, 0.2) is 10.9 Å². The van der Waals surface area contributed by atoms with Crippen molar-refractivity contribution in [2.75, 3.05) is 20.5 Å². The second-order valence-corrected chi connectivity index (χ2v) is 6.34. The van der Waals surface area contributed by atoms with E-state index in [4.69, 9.17) is 14.2 Å². The smallest absolute Gasteiger partial charge is 0.358 e. The molecule has 0 aliphatic carbocycles. The van der Waals surface area contributed by atoms with Crippen molar-refractivity contribution in [2.24, 2.45) is 0 Å². The van der Waals surface area contributed by atoms with Crippen LogP contribution in [0.3, 0.4) is 0 Å². The van der Waals surface area contributed by atoms with Gasteiger partial charge in [0.2, 0.25) is 11.8 Å². The number of benzene rings is 1. The summed E-state index contributed by atoms with van der Waals surface area (Å²) in [6.45, 7) is 1.95. The van der Waals surface area contributed by atoms with E-state index < -0.39 is 5.97 Å². The average Bonchev–Trinajstić information content (AvgIpc) is 3.06. The fourth-order valence-corrected chi connectivity index (χ4v) is 2.99. The molecule has 2 heterocycles. The Balaban J connectivity index is 2.12. The number of hydrogen-bond acceptors (Lipinski definition) is 8. The predicted octanol–water partition coefficient (Wildman–Crippen LogP) is 3.20. The van der Waals surface area contributed by atoms with Crippen LogP contribution in [0.2, 0.25) is 0 Å². The summed E-state index contributed by atoms with van der Waals surface area (Å²) in [6, 6.07) is 8.75. The van der Waals surface area contributed by atoms with E-state index in [1.54, 1.807) is 6.26 Å². The van der Waals surface area contributed by atoms with E-state index in [2.05, 4.69) is 15.0 Å². The highest BCUT2D eigenvalue weighted by molar-refractivity contribution is 7.98. The molecule has 146 valence electrons. The fourth-order valence-electron chi connectivity index (χ4n) is 2.43. The van der Waals surface area contributed by atoms with Crippen molar-refractivity contribution in [3.8, 4) is 29.3 Å². The van der Waals surface area contributed by atoms with E-state index in [0.717, 1.165) is 5.56 Å². The first-order valence-corrected chi connectivity index (χ1v) is 9.31. The maximum absolute atomic E-state index is 12.0. The summed E-state index contributed by atoms with van der Waals surface area (Å²) in [7, 11) is 2.87. The molecule has 0 fully saturated rings. The van der Waals surface area contributed by atoms with Gasteiger partial charge in [0, 0.05) is 5.69 Å². The zero-order chi connectivity index (χ0) is 20.3. The molecule has 0 aliphatic heterocycles. The Morgan fingerprint density at radius 2 is 1.68 bits per heavy atom. The standard InChI is InChI=1S/C18H18N4O5S/c1-10-5-7-11(8-6-10)22-14(16(23)24)15(21-18(22)28-4)27-17-19-12(25-2)9-13(20-17)26-3/h5-9H,1-4H3,(H,23,24). The molecule has 0 radical (unpaired) electrons. The zero-order valence-corrected chi connectivity index (χ0v) is 16.5. The lowest BCUT2D eigenvalue weighted by Gasteiger charge is -2.09. The van der Waals surface area contributed by atoms with E-state index in [1.165, 1.54) is 36.6 Å². The van der Waals surface area contributed by atoms with Gasteiger partial charge in [-0.2, -0.15) is 15.0 Å². The number of carboxylic acids is 1. The molecule has 0 amide bonds. The number of nitrogens with zero attached hydrogens (tertiary/aromatic N) is 4. The molecule has 0 unspecified atom stereocenters. The van der Waals surface area contributed by atoms with Crippen molar-refractivity contribution in [1.29, 1.82) is 0 Å². The molecule has 0 saturated heterocycles. The lowest BCUT2D eigenvalue weighted by molar-refractivity contribution is 0.0684. The van der Waals surface area contributed by atoms with Crippen LogP contribution < -0.4 is 14.2 Å². The second-order valence-electron chi connectivity index (χ2n) is 5.57. The van der Waals surface area contributed by atoms with Crippen LogP contribution in [-0.2, 0) is 0 Å². The number of aryl methyl sites for hydroxylation is 1. The molecule has 10 heteroatoms. The molecule has 1 aromatic carbocycles. The molecule has 0 bridgehead atoms. The molecule has 0 atom stereocenters. The Bertz CT molecular complexity index is 982. The highest BCUT2D eigenvalue weighted by atomic mass is 32.2. The van der Waals surface area contributed by atoms with E-state index >= 15 is 0 Å². The van der Waals surface area contributed by atoms with Gasteiger partial charge in [-0.05, 0) is 25.3 Å². The molecule has 0 saturated carbocycles. The minimum atomic E-state index is -1.20. The summed E-state index contributed by atoms with van der Waals surface area (Å²) in [5.41, 5.74) is 1.57. The van der Waals surface area contributed by atoms with Crippen LogP contribution >= 0.6 is 11.8 Å². The minimum Gasteiger partial charge on any atom is -0.481 e. The van der Waals surface area contributed by atoms with Crippen molar-refractivity contribution in [3.63, 3.8) is 0 Å². The third-order valence-corrected chi connectivity index (χ3v) is 4.40. The maximum Gasteiger partial charge on any atom is 0.358 e. The third-order valence-electron chi connectivity index (χ3n) is 3.76. The van der Waals surface area contributed by atoms with Gasteiger partial charge in [-0.15, -0.1) is 0 Å². The van der Waals surface area contributed by atoms with Gasteiger partial charge in [0.25, 0.3) is 5.88 Å². The van der Waals surface area contributed by atoms with Crippen LogP contribution in [0.1, 0.15) is 16.1 Å². The molecule has 9 nitrogen and oxygen atoms in total. The first-order chi connectivity index (χ1) is 13.5. The van der Waals surface area contributed by atoms with Gasteiger partial charge in [-0.1, -0.05) is 29.5 Å². The van der Waals surface area contributed by atoms with Gasteiger partial charge in [-0.3, -0.25) is 4.57 Å². The summed E-state index contributed by atoms with van der Waals surface area (Å²) in [5, 5.41) is 10.3. The van der Waals surface area contributed by atoms with Gasteiger partial charge in [0.1, 0.15) is 0 Å². The molecule has 28 heavy (non-hydrogen) atoms. The number of ether oxygens (including phenoxy) is 3. The van der Waals surface area contributed by atoms with E-state index in [1.807, 2.05) is 31.2 Å². The minimum absolute atomic E-state index is 0.132. The highest BCUT2D eigenvalue weighted by Crippen LogP contribution is 2.32. The maximum atomic E-state index is 12.0. The van der Waals surface area contributed by atoms with Crippen molar-refractivity contribution >= 4 is 17.7 Å². The van der Waals surface area contributed by atoms with Gasteiger partial charge in [-0.25, -0.2) is 4.79 Å². The van der Waals surface area contributed by atoms with Gasteiger partial charge < -0.3 is 19.3 Å². The molecular formula is C18H18N4O5S. The first kappa shape index (κ1) is 19.5. The van der Waals surface area contributed by atoms with Crippen molar-refractivity contribution in [3.05, 3.63) is 41.6 Å².